The molecule has 0 radical (unpaired) electrons. The van der Waals surface area contributed by atoms with Gasteiger partial charge >= 0.3 is 11.8 Å². The van der Waals surface area contributed by atoms with Crippen molar-refractivity contribution in [1.29, 1.82) is 0 Å². The third-order valence-electron chi connectivity index (χ3n) is 4.20. The van der Waals surface area contributed by atoms with Crippen LogP contribution < -0.4 is 9.30 Å². The van der Waals surface area contributed by atoms with Crippen LogP contribution in [0, 0.1) is 13.8 Å². The number of phenolic OH excluding ortho intramolecular Hbond substituents is 1. The number of hydrogen-bond acceptors (Lipinski definition) is 4. The summed E-state index contributed by atoms with van der Waals surface area (Å²) < 4.78 is 7.87. The number of hydrogen-bond donors (Lipinski definition) is 3. The molecule has 7 heteroatoms. The highest BCUT2D eigenvalue weighted by molar-refractivity contribution is 5.68. The molecule has 0 bridgehead atoms. The Morgan fingerprint density at radius 1 is 1.39 bits per heavy atom. The largest absolute Gasteiger partial charge is 0.504 e. The maximum Gasteiger partial charge on any atom is 0.304 e. The molecule has 1 aromatic carbocycles. The number of carboxylic acids is 1. The lowest BCUT2D eigenvalue weighted by Gasteiger charge is -2.14. The first-order valence-electron chi connectivity index (χ1n) is 7.13. The predicted octanol–water partition coefficient (Wildman–Crippen LogP) is 1.49. The van der Waals surface area contributed by atoms with E-state index in [0.717, 1.165) is 10.4 Å². The van der Waals surface area contributed by atoms with E-state index in [4.69, 9.17) is 4.74 Å². The van der Waals surface area contributed by atoms with E-state index in [2.05, 4.69) is 0 Å². The predicted molar refractivity (Wildman–Crippen MR) is 81.0 cm³/mol. The third-order valence-corrected chi connectivity index (χ3v) is 4.20. The fraction of sp³-hybridized carbons (Fsp3) is 0.375. The molecule has 0 amide bonds. The number of aliphatic carboxylic acids is 1. The first-order valence-corrected chi connectivity index (χ1v) is 7.13. The van der Waals surface area contributed by atoms with Gasteiger partial charge in [-0.05, 0) is 22.4 Å². The molecule has 3 N–H and O–H groups in total. The second-order valence-electron chi connectivity index (χ2n) is 5.48. The molecule has 2 rings (SSSR count). The van der Waals surface area contributed by atoms with E-state index in [1.807, 2.05) is 6.92 Å². The summed E-state index contributed by atoms with van der Waals surface area (Å²) in [6.07, 6.45) is -0.203. The summed E-state index contributed by atoms with van der Waals surface area (Å²) in [6, 6.07) is 4.66. The lowest BCUT2D eigenvalue weighted by atomic mass is 9.94. The molecule has 0 aliphatic carbocycles. The summed E-state index contributed by atoms with van der Waals surface area (Å²) in [5.41, 5.74) is 2.11. The van der Waals surface area contributed by atoms with Gasteiger partial charge in [0.15, 0.2) is 17.2 Å². The van der Waals surface area contributed by atoms with Gasteiger partial charge in [0.1, 0.15) is 5.69 Å². The van der Waals surface area contributed by atoms with E-state index in [0.29, 0.717) is 17.1 Å². The van der Waals surface area contributed by atoms with Crippen LogP contribution in [0.1, 0.15) is 35.1 Å². The van der Waals surface area contributed by atoms with Crippen LogP contribution >= 0.6 is 0 Å². The highest BCUT2D eigenvalue weighted by Gasteiger charge is 2.34. The van der Waals surface area contributed by atoms with Crippen LogP contribution in [0.3, 0.4) is 0 Å². The molecule has 1 heterocycles. The Kier molecular flexibility index (Phi) is 4.49. The number of imidazole rings is 1. The highest BCUT2D eigenvalue weighted by Crippen LogP contribution is 2.34. The van der Waals surface area contributed by atoms with Gasteiger partial charge in [0.2, 0.25) is 0 Å². The van der Waals surface area contributed by atoms with Gasteiger partial charge in [0, 0.05) is 13.8 Å². The van der Waals surface area contributed by atoms with Gasteiger partial charge in [-0.15, -0.1) is 0 Å². The molecule has 1 aromatic heterocycles. The molecule has 1 unspecified atom stereocenters. The number of carboxylic acid groups (broad SMARTS) is 1. The average Bonchev–Trinajstić information content (AvgIpc) is 2.69. The zero-order valence-electron chi connectivity index (χ0n) is 13.6. The van der Waals surface area contributed by atoms with Gasteiger partial charge in [0.05, 0.1) is 26.5 Å². The summed E-state index contributed by atoms with van der Waals surface area (Å²) in [4.78, 5) is 11.3. The fourth-order valence-corrected chi connectivity index (χ4v) is 2.71. The molecule has 0 saturated heterocycles. The standard InChI is InChI=1S/C16H20N2O5/c1-9-10(2)18(22)16(17(9)3)12(8-15(20)21)11-5-6-13(19)14(7-11)23-4/h5-7,12H,8H2,1-4H3,(H2-,19,20,21,22)/p+1. The zero-order valence-corrected chi connectivity index (χ0v) is 13.6. The average molecular weight is 321 g/mol. The van der Waals surface area contributed by atoms with Crippen molar-refractivity contribution in [2.24, 2.45) is 7.05 Å². The van der Waals surface area contributed by atoms with E-state index in [9.17, 15) is 20.2 Å². The van der Waals surface area contributed by atoms with E-state index >= 15 is 0 Å². The van der Waals surface area contributed by atoms with E-state index < -0.39 is 11.9 Å². The van der Waals surface area contributed by atoms with Gasteiger partial charge in [-0.3, -0.25) is 4.79 Å². The van der Waals surface area contributed by atoms with Gasteiger partial charge < -0.3 is 20.2 Å². The number of ether oxygens (including phenoxy) is 1. The number of aromatic nitrogens is 2. The van der Waals surface area contributed by atoms with Crippen LogP contribution in [0.15, 0.2) is 18.2 Å². The van der Waals surface area contributed by atoms with E-state index in [-0.39, 0.29) is 17.9 Å². The molecule has 0 saturated carbocycles. The Balaban J connectivity index is 2.63. The Hall–Kier alpha value is -2.70. The number of aromatic hydroxyl groups is 1. The maximum absolute atomic E-state index is 11.3. The summed E-state index contributed by atoms with van der Waals surface area (Å²) in [5, 5.41) is 29.3. The van der Waals surface area contributed by atoms with Crippen molar-refractivity contribution < 1.29 is 29.5 Å². The molecule has 2 aromatic rings. The molecule has 7 nitrogen and oxygen atoms in total. The van der Waals surface area contributed by atoms with Crippen LogP contribution in [0.4, 0.5) is 0 Å². The zero-order chi connectivity index (χ0) is 17.3. The van der Waals surface area contributed by atoms with E-state index in [1.54, 1.807) is 30.7 Å². The summed E-state index contributed by atoms with van der Waals surface area (Å²) >= 11 is 0. The first kappa shape index (κ1) is 16.7. The number of phenols is 1. The maximum atomic E-state index is 11.3. The van der Waals surface area contributed by atoms with Crippen LogP contribution in [-0.2, 0) is 11.8 Å². The van der Waals surface area contributed by atoms with Gasteiger partial charge in [-0.1, -0.05) is 6.07 Å². The van der Waals surface area contributed by atoms with Crippen molar-refractivity contribution >= 4 is 5.97 Å². The van der Waals surface area contributed by atoms with Crippen LogP contribution in [0.5, 0.6) is 11.5 Å². The number of carbonyl (C=O) groups is 1. The van der Waals surface area contributed by atoms with Gasteiger partial charge in [0.25, 0.3) is 0 Å². The lowest BCUT2D eigenvalue weighted by molar-refractivity contribution is -0.686. The Morgan fingerprint density at radius 3 is 2.52 bits per heavy atom. The first-order chi connectivity index (χ1) is 10.8. The minimum atomic E-state index is -0.987. The van der Waals surface area contributed by atoms with Crippen molar-refractivity contribution in [1.82, 2.24) is 4.73 Å². The second kappa shape index (κ2) is 6.20. The number of rotatable bonds is 5. The SMILES string of the molecule is COc1cc(C(CC(=O)O)c2n(O)c(C)c(C)[n+]2C)ccc1O. The minimum absolute atomic E-state index is 0.0264. The van der Waals surface area contributed by atoms with E-state index in [1.165, 1.54) is 13.2 Å². The summed E-state index contributed by atoms with van der Waals surface area (Å²) in [5.74, 6) is -0.899. The normalized spacial score (nSPS) is 12.2. The Bertz CT molecular complexity index is 726. The van der Waals surface area contributed by atoms with Crippen LogP contribution in [-0.4, -0.2) is 33.2 Å². The molecule has 0 aliphatic heterocycles. The smallest absolute Gasteiger partial charge is 0.304 e. The monoisotopic (exact) mass is 321 g/mol. The highest BCUT2D eigenvalue weighted by atomic mass is 16.5. The molecular formula is C16H21N2O5+. The quantitative estimate of drug-likeness (QED) is 0.573. The Labute approximate surface area is 134 Å². The van der Waals surface area contributed by atoms with Crippen molar-refractivity contribution in [3.8, 4) is 11.5 Å². The van der Waals surface area contributed by atoms with Crippen molar-refractivity contribution in [3.05, 3.63) is 41.0 Å². The topological polar surface area (TPSA) is 95.8 Å². The molecule has 1 atom stereocenters. The number of benzene rings is 1. The number of nitrogens with zero attached hydrogens (tertiary/aromatic N) is 2. The number of methoxy groups -OCH3 is 1. The fourth-order valence-electron chi connectivity index (χ4n) is 2.71. The summed E-state index contributed by atoms with van der Waals surface area (Å²) in [6.45, 7) is 3.61. The Morgan fingerprint density at radius 2 is 2.04 bits per heavy atom. The van der Waals surface area contributed by atoms with Gasteiger partial charge in [-0.2, -0.15) is 0 Å². The van der Waals surface area contributed by atoms with Crippen molar-refractivity contribution in [2.45, 2.75) is 26.2 Å². The molecule has 0 fully saturated rings. The van der Waals surface area contributed by atoms with Crippen LogP contribution in [0.25, 0.3) is 0 Å². The third kappa shape index (κ3) is 2.94. The molecule has 124 valence electrons. The van der Waals surface area contributed by atoms with Crippen LogP contribution in [0.2, 0.25) is 0 Å². The lowest BCUT2D eigenvalue weighted by Crippen LogP contribution is -2.37. The molecule has 0 aliphatic rings. The van der Waals surface area contributed by atoms with Crippen molar-refractivity contribution in [3.63, 3.8) is 0 Å². The molecule has 0 spiro atoms. The second-order valence-corrected chi connectivity index (χ2v) is 5.48. The molecular weight excluding hydrogens is 300 g/mol. The molecule has 23 heavy (non-hydrogen) atoms. The minimum Gasteiger partial charge on any atom is -0.504 e. The summed E-state index contributed by atoms with van der Waals surface area (Å²) in [7, 11) is 3.20. The van der Waals surface area contributed by atoms with Crippen molar-refractivity contribution in [2.75, 3.05) is 7.11 Å². The van der Waals surface area contributed by atoms with Gasteiger partial charge in [-0.25, -0.2) is 4.57 Å².